The van der Waals surface area contributed by atoms with Crippen molar-refractivity contribution in [2.24, 2.45) is 0 Å². The molecule has 9 heteroatoms. The number of rotatable bonds is 6. The highest BCUT2D eigenvalue weighted by molar-refractivity contribution is 9.10. The van der Waals surface area contributed by atoms with E-state index in [1.54, 1.807) is 29.8 Å². The van der Waals surface area contributed by atoms with Crippen molar-refractivity contribution in [3.8, 4) is 5.75 Å². The summed E-state index contributed by atoms with van der Waals surface area (Å²) in [7, 11) is 0. The van der Waals surface area contributed by atoms with Crippen LogP contribution in [0.1, 0.15) is 17.0 Å². The molecule has 0 amide bonds. The zero-order valence-corrected chi connectivity index (χ0v) is 17.5. The van der Waals surface area contributed by atoms with Crippen LogP contribution in [0.2, 0.25) is 0 Å². The molecule has 0 spiro atoms. The molecule has 0 radical (unpaired) electrons. The second-order valence-electron chi connectivity index (χ2n) is 5.91. The van der Waals surface area contributed by atoms with Crippen molar-refractivity contribution in [1.29, 1.82) is 0 Å². The third kappa shape index (κ3) is 4.59. The topological polar surface area (TPSA) is 57.0 Å². The molecule has 1 aromatic carbocycles. The Balaban J connectivity index is 1.84. The van der Waals surface area contributed by atoms with Crippen LogP contribution in [-0.2, 0) is 13.2 Å². The van der Waals surface area contributed by atoms with E-state index < -0.39 is 11.6 Å². The first kappa shape index (κ1) is 20.5. The Morgan fingerprint density at radius 2 is 2.04 bits per heavy atom. The summed E-state index contributed by atoms with van der Waals surface area (Å²) in [5, 5.41) is 0.628. The summed E-state index contributed by atoms with van der Waals surface area (Å²) in [4.78, 5) is 21.3. The van der Waals surface area contributed by atoms with Crippen LogP contribution in [0.25, 0.3) is 0 Å². The molecular weight excluding hydrogens is 452 g/mol. The van der Waals surface area contributed by atoms with Gasteiger partial charge in [-0.25, -0.2) is 18.7 Å². The number of hydrogen-bond donors (Lipinski definition) is 0. The first-order valence-electron chi connectivity index (χ1n) is 8.21. The van der Waals surface area contributed by atoms with Crippen LogP contribution in [0.4, 0.5) is 8.78 Å². The molecule has 5 nitrogen and oxygen atoms in total. The molecule has 3 aromatic rings. The average molecular weight is 468 g/mol. The van der Waals surface area contributed by atoms with Gasteiger partial charge in [0.2, 0.25) is 0 Å². The van der Waals surface area contributed by atoms with Crippen molar-refractivity contribution in [3.05, 3.63) is 79.9 Å². The summed E-state index contributed by atoms with van der Waals surface area (Å²) < 4.78 is 34.2. The van der Waals surface area contributed by atoms with Gasteiger partial charge in [0.1, 0.15) is 28.5 Å². The van der Waals surface area contributed by atoms with Crippen molar-refractivity contribution in [2.45, 2.75) is 25.2 Å². The lowest BCUT2D eigenvalue weighted by molar-refractivity contribution is 0.295. The van der Waals surface area contributed by atoms with E-state index in [2.05, 4.69) is 25.9 Å². The zero-order valence-electron chi connectivity index (χ0n) is 15.1. The highest BCUT2D eigenvalue weighted by atomic mass is 79.9. The fraction of sp³-hybridized carbons (Fsp3) is 0.211. The number of halogens is 3. The minimum absolute atomic E-state index is 0.128. The second kappa shape index (κ2) is 8.83. The lowest BCUT2D eigenvalue weighted by Gasteiger charge is -2.14. The van der Waals surface area contributed by atoms with E-state index in [1.165, 1.54) is 17.8 Å². The second-order valence-corrected chi connectivity index (χ2v) is 7.48. The number of thioether (sulfide) groups is 1. The summed E-state index contributed by atoms with van der Waals surface area (Å²) in [5.41, 5.74) is 1.27. The third-order valence-electron chi connectivity index (χ3n) is 4.01. The molecule has 0 saturated heterocycles. The number of pyridine rings is 1. The van der Waals surface area contributed by atoms with Crippen LogP contribution in [-0.4, -0.2) is 20.8 Å². The lowest BCUT2D eigenvalue weighted by atomic mass is 10.2. The number of benzene rings is 1. The number of ether oxygens (including phenoxy) is 1. The van der Waals surface area contributed by atoms with Gasteiger partial charge in [0, 0.05) is 29.6 Å². The molecule has 0 bridgehead atoms. The number of nitrogens with zero attached hydrogens (tertiary/aromatic N) is 3. The maximum atomic E-state index is 13.8. The van der Waals surface area contributed by atoms with Crippen LogP contribution < -0.4 is 10.3 Å². The maximum Gasteiger partial charge on any atom is 0.269 e. The molecule has 0 N–H and O–H groups in total. The maximum absolute atomic E-state index is 13.8. The Morgan fingerprint density at radius 1 is 1.25 bits per heavy atom. The van der Waals surface area contributed by atoms with Gasteiger partial charge in [-0.2, -0.15) is 0 Å². The van der Waals surface area contributed by atoms with Crippen molar-refractivity contribution >= 4 is 27.7 Å². The minimum Gasteiger partial charge on any atom is -0.487 e. The smallest absolute Gasteiger partial charge is 0.269 e. The van der Waals surface area contributed by atoms with Gasteiger partial charge >= 0.3 is 0 Å². The summed E-state index contributed by atoms with van der Waals surface area (Å²) >= 11 is 4.68. The predicted molar refractivity (Wildman–Crippen MR) is 107 cm³/mol. The van der Waals surface area contributed by atoms with Gasteiger partial charge in [-0.15, -0.1) is 0 Å². The number of hydrogen-bond acceptors (Lipinski definition) is 5. The monoisotopic (exact) mass is 467 g/mol. The fourth-order valence-corrected chi connectivity index (χ4v) is 3.35. The van der Waals surface area contributed by atoms with Crippen LogP contribution in [0.5, 0.6) is 5.75 Å². The molecule has 0 fully saturated rings. The first-order chi connectivity index (χ1) is 13.4. The summed E-state index contributed by atoms with van der Waals surface area (Å²) in [6.07, 6.45) is 3.53. The third-order valence-corrected chi connectivity index (χ3v) is 5.30. The molecule has 0 atom stereocenters. The molecule has 0 aliphatic rings. The quantitative estimate of drug-likeness (QED) is 0.398. The Labute approximate surface area is 172 Å². The molecule has 146 valence electrons. The van der Waals surface area contributed by atoms with Crippen LogP contribution in [0, 0.1) is 18.6 Å². The largest absolute Gasteiger partial charge is 0.487 e. The van der Waals surface area contributed by atoms with Gasteiger partial charge in [-0.05, 0) is 47.3 Å². The Kier molecular flexibility index (Phi) is 6.46. The molecule has 28 heavy (non-hydrogen) atoms. The van der Waals surface area contributed by atoms with Crippen LogP contribution in [0.15, 0.2) is 51.0 Å². The van der Waals surface area contributed by atoms with Crippen molar-refractivity contribution < 1.29 is 13.5 Å². The summed E-state index contributed by atoms with van der Waals surface area (Å²) in [6, 6.07) is 6.70. The summed E-state index contributed by atoms with van der Waals surface area (Å²) in [5.74, 6) is -1.07. The Morgan fingerprint density at radius 3 is 2.75 bits per heavy atom. The minimum atomic E-state index is -0.699. The highest BCUT2D eigenvalue weighted by Gasteiger charge is 2.14. The van der Waals surface area contributed by atoms with Gasteiger partial charge in [0.15, 0.2) is 5.16 Å². The van der Waals surface area contributed by atoms with E-state index in [0.717, 1.165) is 12.1 Å². The Bertz CT molecular complexity index is 1080. The molecule has 0 aliphatic heterocycles. The van der Waals surface area contributed by atoms with Crippen LogP contribution in [0.3, 0.4) is 0 Å². The molecule has 0 saturated carbocycles. The molecular formula is C19H16BrF2N3O2S. The standard InChI is InChI=1S/C19H16BrF2N3O2S/c1-11-7-16(27-10-12-3-4-13(21)8-15(12)22)17(20)18(26)25(11)9-14-5-6-23-19(24-14)28-2/h3-8H,9-10H2,1-2H3. The predicted octanol–water partition coefficient (Wildman–Crippen LogP) is 4.34. The molecule has 3 rings (SSSR count). The lowest BCUT2D eigenvalue weighted by Crippen LogP contribution is -2.24. The number of aryl methyl sites for hydroxylation is 1. The molecule has 0 aliphatic carbocycles. The molecule has 0 unspecified atom stereocenters. The average Bonchev–Trinajstić information content (AvgIpc) is 2.68. The molecule has 2 heterocycles. The SMILES string of the molecule is CSc1nccc(Cn2c(C)cc(OCc3ccc(F)cc3F)c(Br)c2=O)n1. The van der Waals surface area contributed by atoms with Gasteiger partial charge in [0.05, 0.1) is 12.2 Å². The van der Waals surface area contributed by atoms with Crippen molar-refractivity contribution in [3.63, 3.8) is 0 Å². The van der Waals surface area contributed by atoms with E-state index >= 15 is 0 Å². The van der Waals surface area contributed by atoms with Gasteiger partial charge < -0.3 is 9.30 Å². The normalized spacial score (nSPS) is 10.9. The van der Waals surface area contributed by atoms with Gasteiger partial charge in [-0.3, -0.25) is 4.79 Å². The van der Waals surface area contributed by atoms with E-state index in [1.807, 2.05) is 6.26 Å². The van der Waals surface area contributed by atoms with Crippen LogP contribution >= 0.6 is 27.7 Å². The van der Waals surface area contributed by atoms with Crippen molar-refractivity contribution in [2.75, 3.05) is 6.26 Å². The van der Waals surface area contributed by atoms with Gasteiger partial charge in [0.25, 0.3) is 5.56 Å². The van der Waals surface area contributed by atoms with Crippen molar-refractivity contribution in [1.82, 2.24) is 14.5 Å². The first-order valence-corrected chi connectivity index (χ1v) is 10.2. The molecule has 2 aromatic heterocycles. The number of aromatic nitrogens is 3. The van der Waals surface area contributed by atoms with E-state index in [4.69, 9.17) is 4.74 Å². The Hall–Kier alpha value is -2.26. The van der Waals surface area contributed by atoms with Gasteiger partial charge in [-0.1, -0.05) is 11.8 Å². The van der Waals surface area contributed by atoms with E-state index in [-0.39, 0.29) is 34.5 Å². The van der Waals surface area contributed by atoms with E-state index in [0.29, 0.717) is 16.5 Å². The zero-order chi connectivity index (χ0) is 20.3. The fourth-order valence-electron chi connectivity index (χ4n) is 2.54. The van der Waals surface area contributed by atoms with E-state index in [9.17, 15) is 13.6 Å². The summed E-state index contributed by atoms with van der Waals surface area (Å²) in [6.45, 7) is 1.93. The highest BCUT2D eigenvalue weighted by Crippen LogP contribution is 2.24.